The average Bonchev–Trinajstić information content (AvgIpc) is 2.67. The molecule has 142 valence electrons. The van der Waals surface area contributed by atoms with Gasteiger partial charge in [0.25, 0.3) is 0 Å². The van der Waals surface area contributed by atoms with Gasteiger partial charge in [-0.05, 0) is 43.5 Å². The summed E-state index contributed by atoms with van der Waals surface area (Å²) in [4.78, 5) is 24.1. The molecular formula is C20H24N4O2S. The fraction of sp³-hybridized carbons (Fsp3) is 0.450. The minimum absolute atomic E-state index is 0.593. The molecule has 1 aromatic carbocycles. The number of piperidine rings is 1. The van der Waals surface area contributed by atoms with E-state index in [1.54, 1.807) is 24.2 Å². The van der Waals surface area contributed by atoms with Gasteiger partial charge in [0.2, 0.25) is 0 Å². The summed E-state index contributed by atoms with van der Waals surface area (Å²) >= 11 is 1.62. The molecule has 2 aromatic rings. The van der Waals surface area contributed by atoms with Gasteiger partial charge < -0.3 is 10.4 Å². The zero-order chi connectivity index (χ0) is 18.9. The van der Waals surface area contributed by atoms with Crippen molar-refractivity contribution >= 4 is 29.2 Å². The van der Waals surface area contributed by atoms with Gasteiger partial charge in [0.1, 0.15) is 5.03 Å². The van der Waals surface area contributed by atoms with Crippen molar-refractivity contribution in [1.29, 1.82) is 0 Å². The third-order valence-electron chi connectivity index (χ3n) is 5.41. The first-order valence-electron chi connectivity index (χ1n) is 9.44. The second-order valence-corrected chi connectivity index (χ2v) is 8.45. The predicted molar refractivity (Wildman–Crippen MR) is 105 cm³/mol. The molecule has 7 heteroatoms. The summed E-state index contributed by atoms with van der Waals surface area (Å²) in [5, 5.41) is 14.1. The van der Waals surface area contributed by atoms with E-state index in [0.29, 0.717) is 6.54 Å². The smallest absolute Gasteiger partial charge is 0.310 e. The van der Waals surface area contributed by atoms with Gasteiger partial charge in [-0.25, -0.2) is 9.97 Å². The van der Waals surface area contributed by atoms with Gasteiger partial charge in [0.05, 0.1) is 11.1 Å². The van der Waals surface area contributed by atoms with E-state index in [-0.39, 0.29) is 0 Å². The highest BCUT2D eigenvalue weighted by molar-refractivity contribution is 7.99. The summed E-state index contributed by atoms with van der Waals surface area (Å²) in [5.74, 6) is 0.144. The number of hydrogen-bond acceptors (Lipinski definition) is 6. The van der Waals surface area contributed by atoms with Gasteiger partial charge in [0.15, 0.2) is 5.82 Å². The van der Waals surface area contributed by atoms with Crippen molar-refractivity contribution < 1.29 is 9.90 Å². The molecule has 1 unspecified atom stereocenters. The van der Waals surface area contributed by atoms with Crippen LogP contribution in [0.1, 0.15) is 38.2 Å². The second-order valence-electron chi connectivity index (χ2n) is 7.42. The lowest BCUT2D eigenvalue weighted by atomic mass is 9.76. The Balaban J connectivity index is 1.50. The van der Waals surface area contributed by atoms with Gasteiger partial charge in [-0.2, -0.15) is 0 Å². The molecular weight excluding hydrogens is 360 g/mol. The topological polar surface area (TPSA) is 78.4 Å². The summed E-state index contributed by atoms with van der Waals surface area (Å²) in [6.45, 7) is 4.42. The molecule has 2 aliphatic heterocycles. The van der Waals surface area contributed by atoms with E-state index in [0.717, 1.165) is 60.2 Å². The summed E-state index contributed by atoms with van der Waals surface area (Å²) in [6.07, 6.45) is 6.76. The summed E-state index contributed by atoms with van der Waals surface area (Å²) < 4.78 is 0. The predicted octanol–water partition coefficient (Wildman–Crippen LogP) is 4.15. The molecule has 1 fully saturated rings. The van der Waals surface area contributed by atoms with Crippen LogP contribution >= 0.6 is 11.8 Å². The standard InChI is InChI=1S/C20H24N4O2S/c1-2-6-20(19(25)26)7-3-10-24(13-20)12-14-4-5-16-15(11-14)23-17-18(27-16)22-9-8-21-17/h4-5,8-9,11H,2-3,6-7,10,12-13H2,1H3,(H,21,23)(H,25,26). The molecule has 1 atom stereocenters. The largest absolute Gasteiger partial charge is 0.481 e. The maximum atomic E-state index is 11.9. The number of carboxylic acids is 1. The zero-order valence-corrected chi connectivity index (χ0v) is 16.3. The number of nitrogens with zero attached hydrogens (tertiary/aromatic N) is 3. The molecule has 0 saturated carbocycles. The average molecular weight is 385 g/mol. The minimum Gasteiger partial charge on any atom is -0.481 e. The third-order valence-corrected chi connectivity index (χ3v) is 6.48. The van der Waals surface area contributed by atoms with Crippen LogP contribution in [0.15, 0.2) is 40.5 Å². The number of benzene rings is 1. The van der Waals surface area contributed by atoms with E-state index in [1.165, 1.54) is 5.56 Å². The molecule has 2 N–H and O–H groups in total. The minimum atomic E-state index is -0.646. The fourth-order valence-electron chi connectivity index (χ4n) is 4.16. The molecule has 0 radical (unpaired) electrons. The van der Waals surface area contributed by atoms with E-state index in [2.05, 4.69) is 45.3 Å². The van der Waals surface area contributed by atoms with E-state index in [4.69, 9.17) is 0 Å². The molecule has 0 amide bonds. The molecule has 0 spiro atoms. The van der Waals surface area contributed by atoms with Crippen LogP contribution in [0.3, 0.4) is 0 Å². The quantitative estimate of drug-likeness (QED) is 0.684. The number of likely N-dealkylation sites (tertiary alicyclic amines) is 1. The van der Waals surface area contributed by atoms with Gasteiger partial charge >= 0.3 is 5.97 Å². The summed E-state index contributed by atoms with van der Waals surface area (Å²) in [7, 11) is 0. The first-order chi connectivity index (χ1) is 13.1. The number of anilines is 2. The number of aliphatic carboxylic acids is 1. The fourth-order valence-corrected chi connectivity index (χ4v) is 5.04. The van der Waals surface area contributed by atoms with Gasteiger partial charge in [0, 0.05) is 30.4 Å². The second kappa shape index (κ2) is 7.48. The Bertz CT molecular complexity index is 856. The van der Waals surface area contributed by atoms with E-state index >= 15 is 0 Å². The van der Waals surface area contributed by atoms with Crippen molar-refractivity contribution in [1.82, 2.24) is 14.9 Å². The maximum Gasteiger partial charge on any atom is 0.310 e. The lowest BCUT2D eigenvalue weighted by molar-refractivity contribution is -0.153. The number of fused-ring (bicyclic) bond motifs is 2. The Labute approximate surface area is 163 Å². The zero-order valence-electron chi connectivity index (χ0n) is 15.4. The van der Waals surface area contributed by atoms with Gasteiger partial charge in [-0.3, -0.25) is 9.69 Å². The SMILES string of the molecule is CCCC1(C(=O)O)CCCN(Cc2ccc3c(c2)Nc2nccnc2S3)C1. The van der Waals surface area contributed by atoms with Crippen LogP contribution in [0, 0.1) is 5.41 Å². The third kappa shape index (κ3) is 3.66. The number of rotatable bonds is 5. The molecule has 3 heterocycles. The molecule has 0 aliphatic carbocycles. The molecule has 2 aliphatic rings. The lowest BCUT2D eigenvalue weighted by Gasteiger charge is -2.40. The van der Waals surface area contributed by atoms with Gasteiger partial charge in [-0.15, -0.1) is 0 Å². The molecule has 4 rings (SSSR count). The number of hydrogen-bond donors (Lipinski definition) is 2. The van der Waals surface area contributed by atoms with Crippen molar-refractivity contribution in [2.75, 3.05) is 18.4 Å². The van der Waals surface area contributed by atoms with Crippen LogP contribution < -0.4 is 5.32 Å². The number of aromatic nitrogens is 2. The Hall–Kier alpha value is -2.12. The van der Waals surface area contributed by atoms with Crippen LogP contribution in [0.2, 0.25) is 0 Å². The summed E-state index contributed by atoms with van der Waals surface area (Å²) in [5.41, 5.74) is 1.64. The van der Waals surface area contributed by atoms with Crippen LogP contribution in [0.5, 0.6) is 0 Å². The number of nitrogens with one attached hydrogen (secondary N) is 1. The normalized spacial score (nSPS) is 21.8. The number of carboxylic acid groups (broad SMARTS) is 1. The Morgan fingerprint density at radius 1 is 1.37 bits per heavy atom. The molecule has 1 aromatic heterocycles. The Kier molecular flexibility index (Phi) is 5.06. The van der Waals surface area contributed by atoms with Crippen LogP contribution in [0.4, 0.5) is 11.5 Å². The Morgan fingerprint density at radius 2 is 2.22 bits per heavy atom. The lowest BCUT2D eigenvalue weighted by Crippen LogP contribution is -2.47. The Morgan fingerprint density at radius 3 is 3.04 bits per heavy atom. The molecule has 0 bridgehead atoms. The maximum absolute atomic E-state index is 11.9. The molecule has 6 nitrogen and oxygen atoms in total. The van der Waals surface area contributed by atoms with Crippen molar-refractivity contribution in [3.05, 3.63) is 36.2 Å². The first-order valence-corrected chi connectivity index (χ1v) is 10.3. The van der Waals surface area contributed by atoms with E-state index in [9.17, 15) is 9.90 Å². The van der Waals surface area contributed by atoms with E-state index < -0.39 is 11.4 Å². The highest BCUT2D eigenvalue weighted by atomic mass is 32.2. The first kappa shape index (κ1) is 18.3. The highest BCUT2D eigenvalue weighted by Gasteiger charge is 2.41. The molecule has 1 saturated heterocycles. The van der Waals surface area contributed by atoms with Crippen molar-refractivity contribution in [3.63, 3.8) is 0 Å². The highest BCUT2D eigenvalue weighted by Crippen LogP contribution is 2.42. The van der Waals surface area contributed by atoms with Crippen LogP contribution in [0.25, 0.3) is 0 Å². The van der Waals surface area contributed by atoms with Crippen molar-refractivity contribution in [3.8, 4) is 0 Å². The van der Waals surface area contributed by atoms with E-state index in [1.807, 2.05) is 0 Å². The van der Waals surface area contributed by atoms with Gasteiger partial charge in [-0.1, -0.05) is 31.2 Å². The monoisotopic (exact) mass is 384 g/mol. The van der Waals surface area contributed by atoms with Crippen molar-refractivity contribution in [2.45, 2.75) is 49.1 Å². The molecule has 27 heavy (non-hydrogen) atoms. The summed E-state index contributed by atoms with van der Waals surface area (Å²) in [6, 6.07) is 6.39. The van der Waals surface area contributed by atoms with Crippen LogP contribution in [-0.2, 0) is 11.3 Å². The van der Waals surface area contributed by atoms with Crippen molar-refractivity contribution in [2.24, 2.45) is 5.41 Å². The number of carbonyl (C=O) groups is 1. The van der Waals surface area contributed by atoms with Crippen LogP contribution in [-0.4, -0.2) is 39.0 Å².